The van der Waals surface area contributed by atoms with Crippen molar-refractivity contribution >= 4 is 21.6 Å². The number of nitrogens with two attached hydrogens (primary N) is 1. The number of amides is 1. The minimum absolute atomic E-state index is 0.141. The van der Waals surface area contributed by atoms with Gasteiger partial charge in [-0.15, -0.1) is 0 Å². The molecule has 0 unspecified atom stereocenters. The molecule has 0 saturated heterocycles. The van der Waals surface area contributed by atoms with Gasteiger partial charge >= 0.3 is 0 Å². The number of aryl methyl sites for hydroxylation is 1. The molecule has 0 aliphatic heterocycles. The van der Waals surface area contributed by atoms with E-state index < -0.39 is 10.0 Å². The van der Waals surface area contributed by atoms with Gasteiger partial charge in [0.2, 0.25) is 15.9 Å². The minimum Gasteiger partial charge on any atom is -0.329 e. The van der Waals surface area contributed by atoms with Gasteiger partial charge in [-0.2, -0.15) is 0 Å². The van der Waals surface area contributed by atoms with E-state index in [2.05, 4.69) is 10.0 Å². The second kappa shape index (κ2) is 5.94. The number of nitrogens with one attached hydrogen (secondary N) is 2. The number of hydrogen-bond donors (Lipinski definition) is 3. The van der Waals surface area contributed by atoms with Crippen LogP contribution in [0.25, 0.3) is 0 Å². The van der Waals surface area contributed by atoms with Crippen molar-refractivity contribution in [2.45, 2.75) is 18.7 Å². The number of sulfonamides is 1. The second-order valence-corrected chi connectivity index (χ2v) is 5.58. The summed E-state index contributed by atoms with van der Waals surface area (Å²) in [7, 11) is -3.59. The molecular weight excluding hydrogens is 254 g/mol. The van der Waals surface area contributed by atoms with Crippen molar-refractivity contribution in [3.63, 3.8) is 0 Å². The number of carbonyl (C=O) groups is 1. The first kappa shape index (κ1) is 14.6. The van der Waals surface area contributed by atoms with Crippen molar-refractivity contribution in [2.75, 3.05) is 18.4 Å². The van der Waals surface area contributed by atoms with Gasteiger partial charge in [0, 0.05) is 25.7 Å². The Bertz CT molecular complexity index is 540. The molecule has 6 nitrogen and oxygen atoms in total. The van der Waals surface area contributed by atoms with Crippen molar-refractivity contribution < 1.29 is 13.2 Å². The van der Waals surface area contributed by atoms with Crippen LogP contribution in [0.3, 0.4) is 0 Å². The lowest BCUT2D eigenvalue weighted by atomic mass is 10.2. The lowest BCUT2D eigenvalue weighted by molar-refractivity contribution is -0.114. The molecule has 0 bridgehead atoms. The van der Waals surface area contributed by atoms with Crippen LogP contribution in [0.2, 0.25) is 0 Å². The number of anilines is 1. The van der Waals surface area contributed by atoms with Gasteiger partial charge in [0.1, 0.15) is 0 Å². The van der Waals surface area contributed by atoms with Crippen molar-refractivity contribution in [1.82, 2.24) is 4.72 Å². The van der Waals surface area contributed by atoms with Crippen molar-refractivity contribution in [2.24, 2.45) is 5.73 Å². The first-order chi connectivity index (χ1) is 8.36. The van der Waals surface area contributed by atoms with Crippen LogP contribution in [0.15, 0.2) is 23.1 Å². The van der Waals surface area contributed by atoms with Crippen LogP contribution in [0, 0.1) is 6.92 Å². The Hall–Kier alpha value is -1.44. The Labute approximate surface area is 107 Å². The summed E-state index contributed by atoms with van der Waals surface area (Å²) < 4.78 is 26.3. The van der Waals surface area contributed by atoms with Crippen LogP contribution < -0.4 is 15.8 Å². The Morgan fingerprint density at radius 2 is 2.06 bits per heavy atom. The second-order valence-electron chi connectivity index (χ2n) is 3.85. The molecule has 0 spiro atoms. The molecule has 0 radical (unpaired) electrons. The predicted octanol–water partition coefficient (Wildman–Crippen LogP) is 0.190. The van der Waals surface area contributed by atoms with Gasteiger partial charge in [0.05, 0.1) is 4.90 Å². The molecule has 1 aromatic carbocycles. The zero-order valence-electron chi connectivity index (χ0n) is 10.4. The summed E-state index contributed by atoms with van der Waals surface area (Å²) in [4.78, 5) is 11.1. The molecule has 1 rings (SSSR count). The molecule has 0 aliphatic rings. The van der Waals surface area contributed by atoms with E-state index in [0.717, 1.165) is 0 Å². The van der Waals surface area contributed by atoms with Crippen LogP contribution >= 0.6 is 0 Å². The minimum atomic E-state index is -3.59. The Morgan fingerprint density at radius 3 is 2.61 bits per heavy atom. The van der Waals surface area contributed by atoms with E-state index in [1.807, 2.05) is 0 Å². The van der Waals surface area contributed by atoms with Crippen LogP contribution in [0.5, 0.6) is 0 Å². The quantitative estimate of drug-likeness (QED) is 0.711. The molecule has 18 heavy (non-hydrogen) atoms. The maximum absolute atomic E-state index is 12.0. The number of carbonyl (C=O) groups excluding carboxylic acids is 1. The van der Waals surface area contributed by atoms with Gasteiger partial charge < -0.3 is 11.1 Å². The number of hydrogen-bond acceptors (Lipinski definition) is 4. The number of rotatable bonds is 5. The summed E-state index contributed by atoms with van der Waals surface area (Å²) in [6.07, 6.45) is 0. The normalized spacial score (nSPS) is 11.3. The van der Waals surface area contributed by atoms with E-state index in [4.69, 9.17) is 5.73 Å². The third-order valence-corrected chi connectivity index (χ3v) is 3.84. The van der Waals surface area contributed by atoms with Crippen molar-refractivity contribution in [3.8, 4) is 0 Å². The van der Waals surface area contributed by atoms with E-state index in [1.165, 1.54) is 13.0 Å². The van der Waals surface area contributed by atoms with E-state index in [1.54, 1.807) is 19.1 Å². The maximum atomic E-state index is 12.0. The van der Waals surface area contributed by atoms with Crippen LogP contribution in [-0.2, 0) is 14.8 Å². The summed E-state index contributed by atoms with van der Waals surface area (Å²) in [5.74, 6) is -0.253. The molecule has 0 atom stereocenters. The molecule has 0 aliphatic carbocycles. The standard InChI is InChI=1S/C11H17N3O3S/c1-8-3-4-10(14-9(2)15)7-11(8)18(16,17)13-6-5-12/h3-4,7,13H,5-6,12H2,1-2H3,(H,14,15). The average Bonchev–Trinajstić information content (AvgIpc) is 2.28. The zero-order valence-corrected chi connectivity index (χ0v) is 11.2. The van der Waals surface area contributed by atoms with Gasteiger partial charge in [-0.25, -0.2) is 13.1 Å². The molecule has 0 saturated carbocycles. The van der Waals surface area contributed by atoms with Gasteiger partial charge in [-0.1, -0.05) is 6.07 Å². The topological polar surface area (TPSA) is 101 Å². The van der Waals surface area contributed by atoms with Crippen molar-refractivity contribution in [1.29, 1.82) is 0 Å². The predicted molar refractivity (Wildman–Crippen MR) is 69.7 cm³/mol. The molecule has 7 heteroatoms. The van der Waals surface area contributed by atoms with E-state index in [9.17, 15) is 13.2 Å². The fourth-order valence-corrected chi connectivity index (χ4v) is 2.76. The van der Waals surface area contributed by atoms with E-state index in [-0.39, 0.29) is 23.9 Å². The lowest BCUT2D eigenvalue weighted by Gasteiger charge is -2.10. The fourth-order valence-electron chi connectivity index (χ4n) is 1.44. The van der Waals surface area contributed by atoms with Gasteiger partial charge in [0.25, 0.3) is 0 Å². The highest BCUT2D eigenvalue weighted by Crippen LogP contribution is 2.19. The zero-order chi connectivity index (χ0) is 13.8. The molecule has 100 valence electrons. The molecule has 0 aromatic heterocycles. The summed E-state index contributed by atoms with van der Waals surface area (Å²) in [5, 5.41) is 2.54. The molecule has 4 N–H and O–H groups in total. The van der Waals surface area contributed by atoms with Gasteiger partial charge in [0.15, 0.2) is 0 Å². The van der Waals surface area contributed by atoms with Crippen LogP contribution in [0.4, 0.5) is 5.69 Å². The highest BCUT2D eigenvalue weighted by molar-refractivity contribution is 7.89. The first-order valence-corrected chi connectivity index (χ1v) is 6.93. The summed E-state index contributed by atoms with van der Waals surface area (Å²) in [6, 6.07) is 4.72. The summed E-state index contributed by atoms with van der Waals surface area (Å²) >= 11 is 0. The van der Waals surface area contributed by atoms with E-state index in [0.29, 0.717) is 11.3 Å². The highest BCUT2D eigenvalue weighted by Gasteiger charge is 2.16. The Kier molecular flexibility index (Phi) is 4.83. The van der Waals surface area contributed by atoms with Gasteiger partial charge in [-0.05, 0) is 24.6 Å². The van der Waals surface area contributed by atoms with Gasteiger partial charge in [-0.3, -0.25) is 4.79 Å². The smallest absolute Gasteiger partial charge is 0.240 e. The Morgan fingerprint density at radius 1 is 1.39 bits per heavy atom. The SMILES string of the molecule is CC(=O)Nc1ccc(C)c(S(=O)(=O)NCCN)c1. The molecule has 0 fully saturated rings. The molecule has 1 aromatic rings. The monoisotopic (exact) mass is 271 g/mol. The summed E-state index contributed by atoms with van der Waals surface area (Å²) in [5.41, 5.74) is 6.31. The third-order valence-electron chi connectivity index (χ3n) is 2.23. The van der Waals surface area contributed by atoms with Crippen molar-refractivity contribution in [3.05, 3.63) is 23.8 Å². The fraction of sp³-hybridized carbons (Fsp3) is 0.364. The largest absolute Gasteiger partial charge is 0.329 e. The first-order valence-electron chi connectivity index (χ1n) is 5.45. The molecule has 1 amide bonds. The highest BCUT2D eigenvalue weighted by atomic mass is 32.2. The number of benzene rings is 1. The maximum Gasteiger partial charge on any atom is 0.240 e. The van der Waals surface area contributed by atoms with Crippen LogP contribution in [-0.4, -0.2) is 27.4 Å². The van der Waals surface area contributed by atoms with E-state index >= 15 is 0 Å². The average molecular weight is 271 g/mol. The lowest BCUT2D eigenvalue weighted by Crippen LogP contribution is -2.29. The molecule has 0 heterocycles. The Balaban J connectivity index is 3.11. The van der Waals surface area contributed by atoms with Crippen LogP contribution in [0.1, 0.15) is 12.5 Å². The molecular formula is C11H17N3O3S. The third kappa shape index (κ3) is 3.80. The summed E-state index contributed by atoms with van der Waals surface area (Å²) in [6.45, 7) is 3.45.